The molecule has 1 aromatic carbocycles. The summed E-state index contributed by atoms with van der Waals surface area (Å²) in [6.07, 6.45) is 8.05. The Morgan fingerprint density at radius 1 is 1.33 bits per heavy atom. The van der Waals surface area contributed by atoms with Crippen LogP contribution < -0.4 is 4.80 Å². The molecule has 2 aromatic rings. The number of amides is 2. The molecule has 0 aliphatic carbocycles. The van der Waals surface area contributed by atoms with E-state index >= 15 is 0 Å². The van der Waals surface area contributed by atoms with E-state index in [1.807, 2.05) is 6.92 Å². The van der Waals surface area contributed by atoms with Gasteiger partial charge in [0.1, 0.15) is 17.3 Å². The summed E-state index contributed by atoms with van der Waals surface area (Å²) in [6.45, 7) is 2.51. The van der Waals surface area contributed by atoms with Gasteiger partial charge in [0.2, 0.25) is 5.91 Å². The maximum atomic E-state index is 13.5. The number of carbonyl (C=O) groups is 2. The van der Waals surface area contributed by atoms with Crippen molar-refractivity contribution in [3.8, 4) is 12.3 Å². The van der Waals surface area contributed by atoms with E-state index in [0.717, 1.165) is 30.6 Å². The minimum Gasteiger partial charge on any atom is -0.339 e. The molecule has 1 fully saturated rings. The number of likely N-dealkylation sites (tertiary alicyclic amines) is 1. The van der Waals surface area contributed by atoms with Gasteiger partial charge in [-0.1, -0.05) is 17.3 Å². The minimum absolute atomic E-state index is 0.0106. The molecular weight excluding hydrogens is 429 g/mol. The Bertz CT molecular complexity index is 1190. The molecule has 0 bridgehead atoms. The number of fused-ring (bicyclic) bond motifs is 1. The van der Waals surface area contributed by atoms with Crippen molar-refractivity contribution >= 4 is 43.2 Å². The van der Waals surface area contributed by atoms with Crippen LogP contribution in [0.3, 0.4) is 0 Å². The number of halogens is 1. The van der Waals surface area contributed by atoms with E-state index in [-0.39, 0.29) is 17.4 Å². The van der Waals surface area contributed by atoms with Gasteiger partial charge in [0.25, 0.3) is 5.91 Å². The van der Waals surface area contributed by atoms with Crippen molar-refractivity contribution in [1.29, 1.82) is 0 Å². The zero-order valence-electron chi connectivity index (χ0n) is 16.5. The van der Waals surface area contributed by atoms with Crippen molar-refractivity contribution in [3.05, 3.63) is 28.8 Å². The van der Waals surface area contributed by atoms with Gasteiger partial charge < -0.3 is 9.47 Å². The average Bonchev–Trinajstić information content (AvgIpc) is 2.97. The van der Waals surface area contributed by atoms with Gasteiger partial charge in [0.05, 0.1) is 16.8 Å². The quantitative estimate of drug-likeness (QED) is 0.648. The highest BCUT2D eigenvalue weighted by Crippen LogP contribution is 2.19. The molecule has 10 heteroatoms. The largest absolute Gasteiger partial charge is 0.339 e. The number of hydrogen-bond donors (Lipinski definition) is 0. The van der Waals surface area contributed by atoms with Crippen molar-refractivity contribution in [2.75, 3.05) is 18.1 Å². The first-order chi connectivity index (χ1) is 14.2. The third-order valence-electron chi connectivity index (χ3n) is 4.92. The van der Waals surface area contributed by atoms with Gasteiger partial charge in [0, 0.05) is 12.6 Å². The number of thiazole rings is 1. The van der Waals surface area contributed by atoms with E-state index in [9.17, 15) is 22.4 Å². The van der Waals surface area contributed by atoms with Gasteiger partial charge >= 0.3 is 0 Å². The average molecular weight is 452 g/mol. The highest BCUT2D eigenvalue weighted by molar-refractivity contribution is 7.92. The monoisotopic (exact) mass is 451 g/mol. The van der Waals surface area contributed by atoms with Crippen LogP contribution in [0, 0.1) is 18.2 Å². The van der Waals surface area contributed by atoms with Crippen molar-refractivity contribution < 1.29 is 22.4 Å². The van der Waals surface area contributed by atoms with Gasteiger partial charge in [0.15, 0.2) is 14.6 Å². The molecule has 2 heterocycles. The smallest absolute Gasteiger partial charge is 0.263 e. The molecule has 1 aliphatic rings. The van der Waals surface area contributed by atoms with Gasteiger partial charge in [-0.25, -0.2) is 12.8 Å². The molecule has 2 amide bonds. The Morgan fingerprint density at radius 2 is 2.10 bits per heavy atom. The molecule has 1 unspecified atom stereocenters. The lowest BCUT2D eigenvalue weighted by molar-refractivity contribution is -0.131. The predicted octanol–water partition coefficient (Wildman–Crippen LogP) is 1.72. The number of carbonyl (C=O) groups excluding carboxylic acids is 2. The molecule has 30 heavy (non-hydrogen) atoms. The Hall–Kier alpha value is -2.51. The molecule has 0 saturated carbocycles. The summed E-state index contributed by atoms with van der Waals surface area (Å²) >= 11 is 1.04. The number of piperidine rings is 1. The molecule has 1 aromatic heterocycles. The Morgan fingerprint density at radius 3 is 2.80 bits per heavy atom. The molecule has 1 aliphatic heterocycles. The van der Waals surface area contributed by atoms with Crippen LogP contribution in [0.2, 0.25) is 0 Å². The number of terminal acetylenes is 1. The second-order valence-electron chi connectivity index (χ2n) is 7.26. The summed E-state index contributed by atoms with van der Waals surface area (Å²) in [5, 5.41) is 0. The van der Waals surface area contributed by atoms with Gasteiger partial charge in [-0.15, -0.1) is 6.42 Å². The first-order valence-electron chi connectivity index (χ1n) is 9.50. The van der Waals surface area contributed by atoms with Crippen LogP contribution in [0.5, 0.6) is 0 Å². The highest BCUT2D eigenvalue weighted by atomic mass is 32.2. The van der Waals surface area contributed by atoms with Crippen LogP contribution in [-0.2, 0) is 26.0 Å². The fourth-order valence-corrected chi connectivity index (χ4v) is 5.65. The Kier molecular flexibility index (Phi) is 6.73. The van der Waals surface area contributed by atoms with E-state index in [0.29, 0.717) is 16.8 Å². The molecule has 7 nitrogen and oxygen atoms in total. The molecule has 0 spiro atoms. The lowest BCUT2D eigenvalue weighted by Gasteiger charge is -2.33. The summed E-state index contributed by atoms with van der Waals surface area (Å²) in [6, 6.07) is 4.08. The van der Waals surface area contributed by atoms with E-state index < -0.39 is 39.0 Å². The fourth-order valence-electron chi connectivity index (χ4n) is 3.49. The van der Waals surface area contributed by atoms with Crippen molar-refractivity contribution in [1.82, 2.24) is 9.47 Å². The molecule has 160 valence electrons. The van der Waals surface area contributed by atoms with Gasteiger partial charge in [-0.2, -0.15) is 4.99 Å². The number of rotatable bonds is 5. The first-order valence-corrected chi connectivity index (χ1v) is 12.1. The summed E-state index contributed by atoms with van der Waals surface area (Å²) in [7, 11) is -3.97. The molecule has 0 N–H and O–H groups in total. The topological polar surface area (TPSA) is 88.8 Å². The van der Waals surface area contributed by atoms with Crippen LogP contribution in [0.4, 0.5) is 4.39 Å². The summed E-state index contributed by atoms with van der Waals surface area (Å²) in [5.74, 6) is -0.985. The van der Waals surface area contributed by atoms with Gasteiger partial charge in [-0.05, 0) is 44.4 Å². The molecule has 1 saturated heterocycles. The van der Waals surface area contributed by atoms with Crippen LogP contribution in [0.15, 0.2) is 23.2 Å². The molecular formula is C20H22FN3O4S2. The second kappa shape index (κ2) is 9.10. The van der Waals surface area contributed by atoms with Crippen LogP contribution in [0.25, 0.3) is 10.2 Å². The minimum atomic E-state index is -3.97. The van der Waals surface area contributed by atoms with Crippen LogP contribution >= 0.6 is 11.3 Å². The number of sulfone groups is 1. The van der Waals surface area contributed by atoms with E-state index in [1.54, 1.807) is 9.47 Å². The summed E-state index contributed by atoms with van der Waals surface area (Å²) < 4.78 is 40.4. The number of aromatic nitrogens is 1. The normalized spacial score (nSPS) is 17.8. The highest BCUT2D eigenvalue weighted by Gasteiger charge is 2.28. The van der Waals surface area contributed by atoms with E-state index in [2.05, 4.69) is 10.9 Å². The van der Waals surface area contributed by atoms with Crippen LogP contribution in [0.1, 0.15) is 26.2 Å². The zero-order valence-corrected chi connectivity index (χ0v) is 18.1. The lowest BCUT2D eigenvalue weighted by atomic mass is 10.0. The molecule has 1 atom stereocenters. The summed E-state index contributed by atoms with van der Waals surface area (Å²) in [5.41, 5.74) is 0.600. The lowest BCUT2D eigenvalue weighted by Crippen LogP contribution is -2.45. The maximum Gasteiger partial charge on any atom is 0.263 e. The van der Waals surface area contributed by atoms with Crippen molar-refractivity contribution in [2.24, 2.45) is 4.99 Å². The number of benzene rings is 1. The van der Waals surface area contributed by atoms with E-state index in [4.69, 9.17) is 6.42 Å². The zero-order chi connectivity index (χ0) is 21.9. The molecule has 0 radical (unpaired) electrons. The van der Waals surface area contributed by atoms with Crippen molar-refractivity contribution in [3.63, 3.8) is 0 Å². The van der Waals surface area contributed by atoms with Crippen molar-refractivity contribution in [2.45, 2.75) is 38.8 Å². The number of nitrogens with zero attached hydrogens (tertiary/aromatic N) is 3. The molecule has 3 rings (SSSR count). The fraction of sp³-hybridized carbons (Fsp3) is 0.450. The SMILES string of the molecule is C#CCn1c(=NC(=O)CS(=O)(=O)CC(=O)N2CCCCC2C)sc2cc(F)ccc21. The predicted molar refractivity (Wildman–Crippen MR) is 113 cm³/mol. The van der Waals surface area contributed by atoms with Crippen LogP contribution in [-0.4, -0.2) is 53.8 Å². The summed E-state index contributed by atoms with van der Waals surface area (Å²) in [4.78, 5) is 30.4. The van der Waals surface area contributed by atoms with Gasteiger partial charge in [-0.3, -0.25) is 9.59 Å². The number of hydrogen-bond acceptors (Lipinski definition) is 5. The third-order valence-corrected chi connectivity index (χ3v) is 7.34. The second-order valence-corrected chi connectivity index (χ2v) is 10.3. The first kappa shape index (κ1) is 22.2. The Balaban J connectivity index is 1.80. The maximum absolute atomic E-state index is 13.5. The standard InChI is InChI=1S/C20H22FN3O4S2/c1-3-9-24-16-8-7-15(21)11-17(16)29-20(24)22-18(25)12-30(27,28)13-19(26)23-10-5-4-6-14(23)2/h1,7-8,11,14H,4-6,9-10,12-13H2,2H3. The van der Waals surface area contributed by atoms with E-state index in [1.165, 1.54) is 18.2 Å². The third kappa shape index (κ3) is 5.15. The Labute approximate surface area is 178 Å².